The van der Waals surface area contributed by atoms with Crippen LogP contribution < -0.4 is 15.2 Å². The average molecular weight is 265 g/mol. The second-order valence-corrected chi connectivity index (χ2v) is 3.59. The molecule has 0 aromatic heterocycles. The van der Waals surface area contributed by atoms with Crippen molar-refractivity contribution >= 4 is 0 Å². The van der Waals surface area contributed by atoms with E-state index >= 15 is 0 Å². The van der Waals surface area contributed by atoms with Gasteiger partial charge in [0.25, 0.3) is 0 Å². The summed E-state index contributed by atoms with van der Waals surface area (Å²) in [7, 11) is 2.59. The van der Waals surface area contributed by atoms with Gasteiger partial charge in [-0.05, 0) is 12.1 Å². The summed E-state index contributed by atoms with van der Waals surface area (Å²) in [4.78, 5) is 0. The summed E-state index contributed by atoms with van der Waals surface area (Å²) >= 11 is 0. The number of halogens is 3. The van der Waals surface area contributed by atoms with E-state index in [1.165, 1.54) is 26.4 Å². The zero-order valence-corrected chi connectivity index (χ0v) is 9.86. The molecule has 4 nitrogen and oxygen atoms in total. The van der Waals surface area contributed by atoms with Crippen molar-refractivity contribution < 1.29 is 27.8 Å². The normalized spacial score (nSPS) is 15.1. The van der Waals surface area contributed by atoms with Crippen LogP contribution in [0.5, 0.6) is 11.5 Å². The van der Waals surface area contributed by atoms with E-state index in [9.17, 15) is 18.3 Å². The van der Waals surface area contributed by atoms with Crippen LogP contribution in [-0.2, 0) is 0 Å². The standard InChI is InChI=1S/C11H14F3NO3/c1-17-6-4-3-5-7(18-2)8(6)9(15)10(16)11(12,13)14/h3-5,9-10,16H,15H2,1-2H3/t9-,10-/m0/s1. The topological polar surface area (TPSA) is 64.7 Å². The fourth-order valence-electron chi connectivity index (χ4n) is 1.57. The van der Waals surface area contributed by atoms with Gasteiger partial charge in [0.15, 0.2) is 6.10 Å². The lowest BCUT2D eigenvalue weighted by atomic mass is 9.99. The molecule has 0 saturated heterocycles. The lowest BCUT2D eigenvalue weighted by Crippen LogP contribution is -2.39. The van der Waals surface area contributed by atoms with Crippen LogP contribution in [0.25, 0.3) is 0 Å². The summed E-state index contributed by atoms with van der Waals surface area (Å²) in [5, 5.41) is 9.19. The first-order chi connectivity index (χ1) is 8.32. The predicted octanol–water partition coefficient (Wildman–Crippen LogP) is 1.63. The summed E-state index contributed by atoms with van der Waals surface area (Å²) in [6.45, 7) is 0. The van der Waals surface area contributed by atoms with Gasteiger partial charge in [-0.15, -0.1) is 0 Å². The average Bonchev–Trinajstić information content (AvgIpc) is 2.34. The van der Waals surface area contributed by atoms with Crippen LogP contribution in [0.4, 0.5) is 13.2 Å². The van der Waals surface area contributed by atoms with Gasteiger partial charge in [-0.1, -0.05) is 6.07 Å². The second-order valence-electron chi connectivity index (χ2n) is 3.59. The van der Waals surface area contributed by atoms with Crippen LogP contribution in [0.15, 0.2) is 18.2 Å². The molecule has 0 radical (unpaired) electrons. The molecule has 0 amide bonds. The Balaban J connectivity index is 3.22. The number of methoxy groups -OCH3 is 2. The SMILES string of the molecule is COc1cccc(OC)c1[C@H](N)[C@H](O)C(F)(F)F. The highest BCUT2D eigenvalue weighted by atomic mass is 19.4. The van der Waals surface area contributed by atoms with E-state index in [2.05, 4.69) is 0 Å². The number of benzene rings is 1. The van der Waals surface area contributed by atoms with Gasteiger partial charge in [-0.25, -0.2) is 0 Å². The molecule has 1 rings (SSSR count). The van der Waals surface area contributed by atoms with Crippen molar-refractivity contribution in [2.24, 2.45) is 5.73 Å². The Morgan fingerprint density at radius 3 is 1.94 bits per heavy atom. The van der Waals surface area contributed by atoms with Crippen LogP contribution in [0, 0.1) is 0 Å². The Bertz CT molecular complexity index is 387. The lowest BCUT2D eigenvalue weighted by molar-refractivity contribution is -0.210. The lowest BCUT2D eigenvalue weighted by Gasteiger charge is -2.24. The number of hydrogen-bond donors (Lipinski definition) is 2. The molecule has 7 heteroatoms. The third-order valence-electron chi connectivity index (χ3n) is 2.47. The summed E-state index contributed by atoms with van der Waals surface area (Å²) in [5.41, 5.74) is 5.43. The Morgan fingerprint density at radius 1 is 1.17 bits per heavy atom. The van der Waals surface area contributed by atoms with E-state index in [-0.39, 0.29) is 17.1 Å². The molecule has 18 heavy (non-hydrogen) atoms. The smallest absolute Gasteiger partial charge is 0.416 e. The largest absolute Gasteiger partial charge is 0.496 e. The van der Waals surface area contributed by atoms with Gasteiger partial charge in [0.2, 0.25) is 0 Å². The molecule has 2 atom stereocenters. The molecular weight excluding hydrogens is 251 g/mol. The maximum absolute atomic E-state index is 12.4. The molecule has 0 spiro atoms. The molecule has 0 bridgehead atoms. The molecule has 0 aliphatic carbocycles. The molecule has 1 aromatic rings. The van der Waals surface area contributed by atoms with Crippen LogP contribution in [0.1, 0.15) is 11.6 Å². The van der Waals surface area contributed by atoms with Crippen molar-refractivity contribution in [3.8, 4) is 11.5 Å². The van der Waals surface area contributed by atoms with Crippen molar-refractivity contribution in [1.29, 1.82) is 0 Å². The van der Waals surface area contributed by atoms with Gasteiger partial charge in [-0.3, -0.25) is 0 Å². The van der Waals surface area contributed by atoms with Crippen molar-refractivity contribution in [3.63, 3.8) is 0 Å². The predicted molar refractivity (Wildman–Crippen MR) is 58.5 cm³/mol. The number of aliphatic hydroxyl groups excluding tert-OH is 1. The van der Waals surface area contributed by atoms with Crippen LogP contribution in [-0.4, -0.2) is 31.6 Å². The van der Waals surface area contributed by atoms with E-state index in [4.69, 9.17) is 15.2 Å². The van der Waals surface area contributed by atoms with E-state index in [0.29, 0.717) is 0 Å². The van der Waals surface area contributed by atoms with E-state index in [0.717, 1.165) is 0 Å². The number of alkyl halides is 3. The summed E-state index contributed by atoms with van der Waals surface area (Å²) < 4.78 is 47.2. The first-order valence-electron chi connectivity index (χ1n) is 5.04. The van der Waals surface area contributed by atoms with Crippen molar-refractivity contribution in [3.05, 3.63) is 23.8 Å². The zero-order chi connectivity index (χ0) is 13.9. The Kier molecular flexibility index (Phi) is 4.42. The highest BCUT2D eigenvalue weighted by molar-refractivity contribution is 5.47. The first kappa shape index (κ1) is 14.6. The molecule has 102 valence electrons. The minimum Gasteiger partial charge on any atom is -0.496 e. The number of ether oxygens (including phenoxy) is 2. The van der Waals surface area contributed by atoms with Crippen molar-refractivity contribution in [2.45, 2.75) is 18.3 Å². The third-order valence-corrected chi connectivity index (χ3v) is 2.47. The summed E-state index contributed by atoms with van der Waals surface area (Å²) in [5.74, 6) is 0.260. The number of hydrogen-bond acceptors (Lipinski definition) is 4. The fraction of sp³-hybridized carbons (Fsp3) is 0.455. The van der Waals surface area contributed by atoms with Gasteiger partial charge in [-0.2, -0.15) is 13.2 Å². The zero-order valence-electron chi connectivity index (χ0n) is 9.86. The second kappa shape index (κ2) is 5.45. The molecule has 0 fully saturated rings. The van der Waals surface area contributed by atoms with Gasteiger partial charge < -0.3 is 20.3 Å². The number of rotatable bonds is 4. The molecule has 0 aliphatic heterocycles. The molecular formula is C11H14F3NO3. The molecule has 0 heterocycles. The number of nitrogens with two attached hydrogens (primary N) is 1. The highest BCUT2D eigenvalue weighted by Gasteiger charge is 2.44. The maximum atomic E-state index is 12.4. The van der Waals surface area contributed by atoms with Gasteiger partial charge in [0.1, 0.15) is 11.5 Å². The Labute approximate surface area is 102 Å². The monoisotopic (exact) mass is 265 g/mol. The van der Waals surface area contributed by atoms with Gasteiger partial charge in [0, 0.05) is 0 Å². The van der Waals surface area contributed by atoms with E-state index < -0.39 is 18.3 Å². The van der Waals surface area contributed by atoms with Gasteiger partial charge >= 0.3 is 6.18 Å². The van der Waals surface area contributed by atoms with Crippen molar-refractivity contribution in [1.82, 2.24) is 0 Å². The first-order valence-corrected chi connectivity index (χ1v) is 5.04. The van der Waals surface area contributed by atoms with E-state index in [1.807, 2.05) is 0 Å². The summed E-state index contributed by atoms with van der Waals surface area (Å²) in [6, 6.07) is 2.76. The quantitative estimate of drug-likeness (QED) is 0.868. The van der Waals surface area contributed by atoms with Crippen LogP contribution in [0.3, 0.4) is 0 Å². The molecule has 0 aliphatic rings. The maximum Gasteiger partial charge on any atom is 0.416 e. The van der Waals surface area contributed by atoms with Crippen molar-refractivity contribution in [2.75, 3.05) is 14.2 Å². The molecule has 0 unspecified atom stereocenters. The highest BCUT2D eigenvalue weighted by Crippen LogP contribution is 2.38. The van der Waals surface area contributed by atoms with Crippen LogP contribution in [0.2, 0.25) is 0 Å². The third kappa shape index (κ3) is 2.85. The van der Waals surface area contributed by atoms with Crippen LogP contribution >= 0.6 is 0 Å². The van der Waals surface area contributed by atoms with Gasteiger partial charge in [0.05, 0.1) is 25.8 Å². The fourth-order valence-corrected chi connectivity index (χ4v) is 1.57. The van der Waals surface area contributed by atoms with E-state index in [1.54, 1.807) is 6.07 Å². The Morgan fingerprint density at radius 2 is 1.61 bits per heavy atom. The molecule has 3 N–H and O–H groups in total. The Hall–Kier alpha value is -1.47. The summed E-state index contributed by atoms with van der Waals surface area (Å²) in [6.07, 6.45) is -7.51. The minimum atomic E-state index is -4.81. The molecule has 1 aromatic carbocycles. The molecule has 0 saturated carbocycles. The minimum absolute atomic E-state index is 0.0210. The number of aliphatic hydroxyl groups is 1.